The lowest BCUT2D eigenvalue weighted by Crippen LogP contribution is -2.22. The maximum absolute atomic E-state index is 13.4. The van der Waals surface area contributed by atoms with Gasteiger partial charge >= 0.3 is 6.18 Å². The average molecular weight is 289 g/mol. The summed E-state index contributed by atoms with van der Waals surface area (Å²) in [5.41, 5.74) is -1.97. The molecule has 106 valence electrons. The molecule has 0 aliphatic rings. The Morgan fingerprint density at radius 2 is 1.75 bits per heavy atom. The van der Waals surface area contributed by atoms with Gasteiger partial charge in [-0.2, -0.15) is 13.2 Å². The Labute approximate surface area is 110 Å². The zero-order chi connectivity index (χ0) is 14.9. The number of aromatic nitrogens is 1. The molecule has 0 amide bonds. The van der Waals surface area contributed by atoms with Gasteiger partial charge in [0.05, 0.1) is 12.1 Å². The quantitative estimate of drug-likeness (QED) is 0.778. The first-order chi connectivity index (χ1) is 9.29. The van der Waals surface area contributed by atoms with Crippen molar-refractivity contribution in [1.82, 2.24) is 4.57 Å². The van der Waals surface area contributed by atoms with Gasteiger partial charge in [-0.25, -0.2) is 8.78 Å². The van der Waals surface area contributed by atoms with Crippen LogP contribution in [0.5, 0.6) is 0 Å². The van der Waals surface area contributed by atoms with Crippen molar-refractivity contribution in [1.29, 1.82) is 0 Å². The van der Waals surface area contributed by atoms with E-state index in [1.54, 1.807) is 0 Å². The van der Waals surface area contributed by atoms with Crippen molar-refractivity contribution in [3.63, 3.8) is 0 Å². The number of rotatable bonds is 2. The van der Waals surface area contributed by atoms with Crippen molar-refractivity contribution in [3.05, 3.63) is 69.6 Å². The number of hydrogen-bond donors (Lipinski definition) is 0. The van der Waals surface area contributed by atoms with Crippen LogP contribution in [-0.2, 0) is 12.7 Å². The maximum Gasteiger partial charge on any atom is 0.417 e. The van der Waals surface area contributed by atoms with E-state index in [4.69, 9.17) is 0 Å². The van der Waals surface area contributed by atoms with Crippen LogP contribution in [0.4, 0.5) is 22.0 Å². The topological polar surface area (TPSA) is 22.0 Å². The first-order valence-corrected chi connectivity index (χ1v) is 5.49. The minimum absolute atomic E-state index is 0.202. The van der Waals surface area contributed by atoms with Gasteiger partial charge in [-0.3, -0.25) is 4.79 Å². The molecule has 2 aromatic rings. The SMILES string of the molecule is O=c1ccc(C(F)(F)F)cn1Cc1cccc(F)c1F. The largest absolute Gasteiger partial charge is 0.417 e. The normalized spacial score (nSPS) is 11.7. The maximum atomic E-state index is 13.4. The fourth-order valence-electron chi connectivity index (χ4n) is 1.68. The van der Waals surface area contributed by atoms with Crippen molar-refractivity contribution >= 4 is 0 Å². The van der Waals surface area contributed by atoms with Crippen LogP contribution in [0.1, 0.15) is 11.1 Å². The predicted octanol–water partition coefficient (Wildman–Crippen LogP) is 3.19. The highest BCUT2D eigenvalue weighted by Crippen LogP contribution is 2.28. The van der Waals surface area contributed by atoms with Crippen molar-refractivity contribution in [2.45, 2.75) is 12.7 Å². The van der Waals surface area contributed by atoms with Crippen LogP contribution in [-0.4, -0.2) is 4.57 Å². The van der Waals surface area contributed by atoms with Gasteiger partial charge in [0.15, 0.2) is 11.6 Å². The van der Waals surface area contributed by atoms with Gasteiger partial charge in [0.2, 0.25) is 0 Å². The standard InChI is InChI=1S/C13H8F5NO/c14-10-3-1-2-8(12(10)15)6-19-7-9(13(16,17)18)4-5-11(19)20/h1-5,7H,6H2. The molecular weight excluding hydrogens is 281 g/mol. The second kappa shape index (κ2) is 5.07. The smallest absolute Gasteiger partial charge is 0.310 e. The van der Waals surface area contributed by atoms with Crippen LogP contribution >= 0.6 is 0 Å². The molecule has 0 saturated carbocycles. The number of alkyl halides is 3. The van der Waals surface area contributed by atoms with Gasteiger partial charge in [0.25, 0.3) is 5.56 Å². The predicted molar refractivity (Wildman–Crippen MR) is 61.2 cm³/mol. The number of benzene rings is 1. The van der Waals surface area contributed by atoms with E-state index in [0.29, 0.717) is 16.8 Å². The Morgan fingerprint density at radius 1 is 1.05 bits per heavy atom. The third kappa shape index (κ3) is 2.87. The molecule has 0 bridgehead atoms. The zero-order valence-corrected chi connectivity index (χ0v) is 9.92. The van der Waals surface area contributed by atoms with Crippen molar-refractivity contribution < 1.29 is 22.0 Å². The summed E-state index contributed by atoms with van der Waals surface area (Å²) in [6.45, 7) is -0.480. The molecule has 0 N–H and O–H groups in total. The lowest BCUT2D eigenvalue weighted by atomic mass is 10.2. The van der Waals surface area contributed by atoms with Crippen molar-refractivity contribution in [3.8, 4) is 0 Å². The second-order valence-corrected chi connectivity index (χ2v) is 4.09. The van der Waals surface area contributed by atoms with Gasteiger partial charge in [-0.05, 0) is 12.1 Å². The molecule has 1 aromatic carbocycles. The first kappa shape index (κ1) is 14.2. The van der Waals surface area contributed by atoms with Gasteiger partial charge in [-0.15, -0.1) is 0 Å². The fraction of sp³-hybridized carbons (Fsp3) is 0.154. The molecule has 0 aliphatic heterocycles. The summed E-state index contributed by atoms with van der Waals surface area (Å²) in [6.07, 6.45) is -4.04. The van der Waals surface area contributed by atoms with Crippen LogP contribution in [0.3, 0.4) is 0 Å². The second-order valence-electron chi connectivity index (χ2n) is 4.09. The Morgan fingerprint density at radius 3 is 2.40 bits per heavy atom. The Hall–Kier alpha value is -2.18. The lowest BCUT2D eigenvalue weighted by molar-refractivity contribution is -0.138. The van der Waals surface area contributed by atoms with Crippen LogP contribution < -0.4 is 5.56 Å². The number of pyridine rings is 1. The Bertz CT molecular complexity index is 690. The molecule has 7 heteroatoms. The third-order valence-corrected chi connectivity index (χ3v) is 2.68. The Kier molecular flexibility index (Phi) is 3.61. The summed E-state index contributed by atoms with van der Waals surface area (Å²) in [6, 6.07) is 4.67. The highest BCUT2D eigenvalue weighted by Gasteiger charge is 2.31. The molecule has 2 rings (SSSR count). The van der Waals surface area contributed by atoms with E-state index in [1.165, 1.54) is 12.1 Å². The number of hydrogen-bond acceptors (Lipinski definition) is 1. The summed E-state index contributed by atoms with van der Waals surface area (Å²) < 4.78 is 64.7. The summed E-state index contributed by atoms with van der Waals surface area (Å²) in [7, 11) is 0. The molecule has 1 aromatic heterocycles. The molecule has 0 saturated heterocycles. The lowest BCUT2D eigenvalue weighted by Gasteiger charge is -2.11. The van der Waals surface area contributed by atoms with Crippen LogP contribution in [0.2, 0.25) is 0 Å². The fourth-order valence-corrected chi connectivity index (χ4v) is 1.68. The first-order valence-electron chi connectivity index (χ1n) is 5.49. The van der Waals surface area contributed by atoms with Gasteiger partial charge < -0.3 is 4.57 Å². The molecule has 0 radical (unpaired) electrons. The van der Waals surface area contributed by atoms with Crippen molar-refractivity contribution in [2.75, 3.05) is 0 Å². The minimum atomic E-state index is -4.62. The highest BCUT2D eigenvalue weighted by molar-refractivity contribution is 5.21. The number of nitrogens with zero attached hydrogens (tertiary/aromatic N) is 1. The molecule has 20 heavy (non-hydrogen) atoms. The van der Waals surface area contributed by atoms with Gasteiger partial charge in [0.1, 0.15) is 0 Å². The van der Waals surface area contributed by atoms with Crippen LogP contribution in [0, 0.1) is 11.6 Å². The van der Waals surface area contributed by atoms with Crippen LogP contribution in [0.15, 0.2) is 41.3 Å². The molecule has 0 unspecified atom stereocenters. The van der Waals surface area contributed by atoms with E-state index in [0.717, 1.165) is 12.1 Å². The average Bonchev–Trinajstić information content (AvgIpc) is 2.36. The van der Waals surface area contributed by atoms with E-state index >= 15 is 0 Å². The number of halogens is 5. The summed E-state index contributed by atoms with van der Waals surface area (Å²) in [5, 5.41) is 0. The molecule has 1 heterocycles. The summed E-state index contributed by atoms with van der Waals surface area (Å²) in [4.78, 5) is 11.5. The monoisotopic (exact) mass is 289 g/mol. The molecule has 0 aliphatic carbocycles. The van der Waals surface area contributed by atoms with Crippen LogP contribution in [0.25, 0.3) is 0 Å². The van der Waals surface area contributed by atoms with E-state index in [9.17, 15) is 26.7 Å². The molecule has 0 fully saturated rings. The zero-order valence-electron chi connectivity index (χ0n) is 9.92. The highest BCUT2D eigenvalue weighted by atomic mass is 19.4. The molecule has 2 nitrogen and oxygen atoms in total. The molecule has 0 spiro atoms. The van der Waals surface area contributed by atoms with E-state index in [1.807, 2.05) is 0 Å². The van der Waals surface area contributed by atoms with Gasteiger partial charge in [-0.1, -0.05) is 12.1 Å². The van der Waals surface area contributed by atoms with Gasteiger partial charge in [0, 0.05) is 17.8 Å². The molecular formula is C13H8F5NO. The van der Waals surface area contributed by atoms with E-state index < -0.39 is 35.5 Å². The Balaban J connectivity index is 2.43. The summed E-state index contributed by atoms with van der Waals surface area (Å²) >= 11 is 0. The minimum Gasteiger partial charge on any atom is -0.310 e. The molecule has 0 atom stereocenters. The summed E-state index contributed by atoms with van der Waals surface area (Å²) in [5.74, 6) is -2.31. The van der Waals surface area contributed by atoms with E-state index in [-0.39, 0.29) is 5.56 Å². The van der Waals surface area contributed by atoms with E-state index in [2.05, 4.69) is 0 Å². The van der Waals surface area contributed by atoms with Crippen molar-refractivity contribution in [2.24, 2.45) is 0 Å². The third-order valence-electron chi connectivity index (χ3n) is 2.68.